The molecule has 0 unspecified atom stereocenters. The molecule has 2 heterocycles. The molecular weight excluding hydrogens is 304 g/mol. The molecule has 8 nitrogen and oxygen atoms in total. The summed E-state index contributed by atoms with van der Waals surface area (Å²) in [5.74, 6) is -3.06. The van der Waals surface area contributed by atoms with Crippen molar-refractivity contribution in [2.45, 2.75) is 20.3 Å². The van der Waals surface area contributed by atoms with Gasteiger partial charge in [0.25, 0.3) is 11.5 Å². The molecule has 0 bridgehead atoms. The van der Waals surface area contributed by atoms with E-state index in [9.17, 15) is 29.4 Å². The van der Waals surface area contributed by atoms with E-state index in [0.29, 0.717) is 11.3 Å². The summed E-state index contributed by atoms with van der Waals surface area (Å²) in [4.78, 5) is 51.3. The van der Waals surface area contributed by atoms with Gasteiger partial charge in [-0.1, -0.05) is 0 Å². The number of nitrogens with one attached hydrogen (secondary N) is 1. The molecule has 1 aliphatic heterocycles. The van der Waals surface area contributed by atoms with Crippen molar-refractivity contribution in [3.8, 4) is 0 Å². The number of piperidine rings is 1. The van der Waals surface area contributed by atoms with Gasteiger partial charge in [-0.3, -0.25) is 19.2 Å². The van der Waals surface area contributed by atoms with E-state index in [4.69, 9.17) is 0 Å². The first kappa shape index (κ1) is 15.3. The molecule has 2 aliphatic rings. The number of aliphatic carboxylic acids is 2. The first-order valence-electron chi connectivity index (χ1n) is 7.11. The molecule has 1 amide bonds. The van der Waals surface area contributed by atoms with Crippen LogP contribution < -0.4 is 5.56 Å². The summed E-state index contributed by atoms with van der Waals surface area (Å²) in [6, 6.07) is 1.64. The van der Waals surface area contributed by atoms with Crippen molar-refractivity contribution in [2.24, 2.45) is 10.8 Å². The predicted octanol–water partition coefficient (Wildman–Crippen LogP) is -0.00676. The van der Waals surface area contributed by atoms with E-state index in [2.05, 4.69) is 4.98 Å². The van der Waals surface area contributed by atoms with Crippen molar-refractivity contribution < 1.29 is 24.6 Å². The molecule has 2 fully saturated rings. The van der Waals surface area contributed by atoms with Gasteiger partial charge in [0.2, 0.25) is 0 Å². The van der Waals surface area contributed by atoms with Crippen LogP contribution in [0.1, 0.15) is 28.0 Å². The first-order chi connectivity index (χ1) is 10.6. The van der Waals surface area contributed by atoms with E-state index in [1.165, 1.54) is 4.90 Å². The maximum Gasteiger partial charge on any atom is 0.312 e. The van der Waals surface area contributed by atoms with Crippen LogP contribution in [-0.2, 0) is 9.59 Å². The highest BCUT2D eigenvalue weighted by atomic mass is 16.4. The maximum atomic E-state index is 12.6. The van der Waals surface area contributed by atoms with Crippen molar-refractivity contribution in [1.82, 2.24) is 9.88 Å². The zero-order chi connectivity index (χ0) is 17.2. The zero-order valence-electron chi connectivity index (χ0n) is 12.7. The van der Waals surface area contributed by atoms with E-state index >= 15 is 0 Å². The lowest BCUT2D eigenvalue weighted by atomic mass is 9.97. The van der Waals surface area contributed by atoms with Gasteiger partial charge in [-0.2, -0.15) is 0 Å². The van der Waals surface area contributed by atoms with Crippen LogP contribution in [-0.4, -0.2) is 51.0 Å². The number of pyridine rings is 1. The SMILES string of the molecule is Cc1cc(C)c(C(=O)N2C[C@@]3(C(=O)O)C[C@@]3(C(=O)O)C2)c(=O)[nH]1. The number of carbonyl (C=O) groups excluding carboxylic acids is 1. The number of carboxylic acid groups (broad SMARTS) is 2. The van der Waals surface area contributed by atoms with Gasteiger partial charge in [0.1, 0.15) is 16.4 Å². The summed E-state index contributed by atoms with van der Waals surface area (Å²) >= 11 is 0. The summed E-state index contributed by atoms with van der Waals surface area (Å²) in [5.41, 5.74) is -2.43. The number of aromatic nitrogens is 1. The van der Waals surface area contributed by atoms with Gasteiger partial charge >= 0.3 is 11.9 Å². The van der Waals surface area contributed by atoms with E-state index in [0.717, 1.165) is 0 Å². The number of carbonyl (C=O) groups is 3. The van der Waals surface area contributed by atoms with Crippen LogP contribution in [0.5, 0.6) is 0 Å². The smallest absolute Gasteiger partial charge is 0.312 e. The third kappa shape index (κ3) is 1.84. The minimum atomic E-state index is -1.44. The molecule has 1 aromatic rings. The second-order valence-electron chi connectivity index (χ2n) is 6.45. The van der Waals surface area contributed by atoms with E-state index in [-0.39, 0.29) is 25.1 Å². The molecule has 0 aromatic carbocycles. The Bertz CT molecular complexity index is 785. The van der Waals surface area contributed by atoms with Crippen LogP contribution >= 0.6 is 0 Å². The molecule has 1 saturated carbocycles. The summed E-state index contributed by atoms with van der Waals surface area (Å²) < 4.78 is 0. The monoisotopic (exact) mass is 320 g/mol. The number of fused-ring (bicyclic) bond motifs is 1. The molecule has 0 radical (unpaired) electrons. The van der Waals surface area contributed by atoms with Gasteiger partial charge in [-0.15, -0.1) is 0 Å². The number of H-pyrrole nitrogens is 1. The molecular formula is C15H16N2O6. The Morgan fingerprint density at radius 2 is 1.65 bits per heavy atom. The molecule has 122 valence electrons. The standard InChI is InChI=1S/C15H16N2O6/c1-7-3-8(2)16-10(18)9(7)11(19)17-5-14(12(20)21)4-15(14,6-17)13(22)23/h3H,4-6H2,1-2H3,(H,16,18)(H,20,21)(H,22,23)/t14-,15+. The Morgan fingerprint density at radius 1 is 1.13 bits per heavy atom. The summed E-state index contributed by atoms with van der Waals surface area (Å²) in [6.07, 6.45) is 0.0116. The van der Waals surface area contributed by atoms with Crippen molar-refractivity contribution in [3.63, 3.8) is 0 Å². The number of aromatic amines is 1. The van der Waals surface area contributed by atoms with Gasteiger partial charge in [-0.25, -0.2) is 0 Å². The van der Waals surface area contributed by atoms with E-state index in [1.54, 1.807) is 19.9 Å². The van der Waals surface area contributed by atoms with Crippen molar-refractivity contribution in [3.05, 3.63) is 33.2 Å². The van der Waals surface area contributed by atoms with Crippen LogP contribution in [0.25, 0.3) is 0 Å². The molecule has 1 aromatic heterocycles. The number of carboxylic acids is 2. The fourth-order valence-electron chi connectivity index (χ4n) is 3.71. The second kappa shape index (κ2) is 4.43. The van der Waals surface area contributed by atoms with Gasteiger partial charge in [0, 0.05) is 18.8 Å². The summed E-state index contributed by atoms with van der Waals surface area (Å²) in [6.45, 7) is 2.92. The number of hydrogen-bond acceptors (Lipinski definition) is 4. The Hall–Kier alpha value is -2.64. The van der Waals surface area contributed by atoms with Crippen molar-refractivity contribution in [1.29, 1.82) is 0 Å². The number of amides is 1. The summed E-state index contributed by atoms with van der Waals surface area (Å²) in [5, 5.41) is 18.7. The Morgan fingerprint density at radius 3 is 2.09 bits per heavy atom. The molecule has 23 heavy (non-hydrogen) atoms. The topological polar surface area (TPSA) is 128 Å². The Balaban J connectivity index is 1.97. The fourth-order valence-corrected chi connectivity index (χ4v) is 3.71. The number of nitrogens with zero attached hydrogens (tertiary/aromatic N) is 1. The third-order valence-electron chi connectivity index (χ3n) is 5.00. The molecule has 2 atom stereocenters. The molecule has 3 rings (SSSR count). The molecule has 8 heteroatoms. The predicted molar refractivity (Wildman–Crippen MR) is 77.2 cm³/mol. The molecule has 1 saturated heterocycles. The largest absolute Gasteiger partial charge is 0.481 e. The third-order valence-corrected chi connectivity index (χ3v) is 5.00. The lowest BCUT2D eigenvalue weighted by Crippen LogP contribution is -2.38. The normalized spacial score (nSPS) is 28.3. The van der Waals surface area contributed by atoms with Crippen LogP contribution in [0.15, 0.2) is 10.9 Å². The van der Waals surface area contributed by atoms with Gasteiger partial charge in [-0.05, 0) is 31.9 Å². The van der Waals surface area contributed by atoms with Crippen LogP contribution in [0.3, 0.4) is 0 Å². The van der Waals surface area contributed by atoms with Gasteiger partial charge in [0.15, 0.2) is 0 Å². The number of rotatable bonds is 3. The zero-order valence-corrected chi connectivity index (χ0v) is 12.7. The highest BCUT2D eigenvalue weighted by Crippen LogP contribution is 2.68. The highest BCUT2D eigenvalue weighted by Gasteiger charge is 2.81. The number of hydrogen-bond donors (Lipinski definition) is 3. The average Bonchev–Trinajstić information content (AvgIpc) is 2.96. The van der Waals surface area contributed by atoms with Crippen molar-refractivity contribution in [2.75, 3.05) is 13.1 Å². The van der Waals surface area contributed by atoms with Gasteiger partial charge in [0.05, 0.1) is 0 Å². The van der Waals surface area contributed by atoms with Crippen molar-refractivity contribution >= 4 is 17.8 Å². The lowest BCUT2D eigenvalue weighted by Gasteiger charge is -2.20. The average molecular weight is 320 g/mol. The quantitative estimate of drug-likeness (QED) is 0.719. The Labute approximate surface area is 130 Å². The number of aryl methyl sites for hydroxylation is 2. The summed E-state index contributed by atoms with van der Waals surface area (Å²) in [7, 11) is 0. The first-order valence-corrected chi connectivity index (χ1v) is 7.11. The highest BCUT2D eigenvalue weighted by molar-refractivity contribution is 6.00. The maximum absolute atomic E-state index is 12.6. The van der Waals surface area contributed by atoms with Crippen LogP contribution in [0.2, 0.25) is 0 Å². The molecule has 1 aliphatic carbocycles. The Kier molecular flexibility index (Phi) is 2.94. The minimum absolute atomic E-state index is 0.0116. The van der Waals surface area contributed by atoms with Crippen LogP contribution in [0, 0.1) is 24.7 Å². The fraction of sp³-hybridized carbons (Fsp3) is 0.467. The van der Waals surface area contributed by atoms with Crippen LogP contribution in [0.4, 0.5) is 0 Å². The lowest BCUT2D eigenvalue weighted by molar-refractivity contribution is -0.151. The van der Waals surface area contributed by atoms with E-state index < -0.39 is 34.2 Å². The minimum Gasteiger partial charge on any atom is -0.481 e. The van der Waals surface area contributed by atoms with Gasteiger partial charge < -0.3 is 20.1 Å². The van der Waals surface area contributed by atoms with E-state index in [1.807, 2.05) is 0 Å². The molecule has 0 spiro atoms. The molecule has 3 N–H and O–H groups in total. The second-order valence-corrected chi connectivity index (χ2v) is 6.45. The number of likely N-dealkylation sites (tertiary alicyclic amines) is 1.